The number of alkyl halides is 6. The van der Waals surface area contributed by atoms with Crippen LogP contribution in [0.25, 0.3) is 0 Å². The summed E-state index contributed by atoms with van der Waals surface area (Å²) in [5, 5.41) is 17.1. The smallest absolute Gasteiger partial charge is 0.332 e. The number of carboxylic acid groups (broad SMARTS) is 2. The molecule has 2 N–H and O–H groups in total. The van der Waals surface area contributed by atoms with Gasteiger partial charge in [0.05, 0.1) is 5.57 Å². The Balaban J connectivity index is 6.12. The monoisotopic (exact) mass is 294 g/mol. The van der Waals surface area contributed by atoms with Crippen molar-refractivity contribution < 1.29 is 46.1 Å². The van der Waals surface area contributed by atoms with Gasteiger partial charge >= 0.3 is 11.9 Å². The molecule has 0 saturated heterocycles. The summed E-state index contributed by atoms with van der Waals surface area (Å²) in [6.45, 7) is 2.43. The summed E-state index contributed by atoms with van der Waals surface area (Å²) >= 11 is 0. The molecule has 0 heterocycles. The quantitative estimate of drug-likeness (QED) is 0.555. The van der Waals surface area contributed by atoms with Crippen molar-refractivity contribution in [2.24, 2.45) is 5.41 Å². The molecule has 0 amide bonds. The topological polar surface area (TPSA) is 74.6 Å². The Morgan fingerprint density at radius 1 is 0.895 bits per heavy atom. The van der Waals surface area contributed by atoms with Crippen LogP contribution in [-0.2, 0) is 9.59 Å². The number of halogens is 6. The number of carbonyl (C=O) groups is 2. The molecule has 0 saturated carbocycles. The van der Waals surface area contributed by atoms with Crippen LogP contribution in [0, 0.1) is 5.41 Å². The second-order valence-corrected chi connectivity index (χ2v) is 3.43. The Bertz CT molecular complexity index is 369. The first kappa shape index (κ1) is 17.3. The second-order valence-electron chi connectivity index (χ2n) is 3.43. The fourth-order valence-electron chi connectivity index (χ4n) is 1.42. The van der Waals surface area contributed by atoms with Gasteiger partial charge in [0.25, 0.3) is 12.9 Å². The van der Waals surface area contributed by atoms with E-state index in [-0.39, 0.29) is 0 Å². The summed E-state index contributed by atoms with van der Waals surface area (Å²) in [6, 6.07) is 0. The molecular formula is C9H8F6O4. The Morgan fingerprint density at radius 2 is 1.21 bits per heavy atom. The van der Waals surface area contributed by atoms with Crippen molar-refractivity contribution >= 4 is 11.9 Å². The highest BCUT2D eigenvalue weighted by Gasteiger charge is 2.63. The zero-order chi connectivity index (χ0) is 15.5. The first-order valence-electron chi connectivity index (χ1n) is 4.51. The fraction of sp³-hybridized carbons (Fsp3) is 0.556. The normalized spacial score (nSPS) is 17.9. The molecule has 19 heavy (non-hydrogen) atoms. The van der Waals surface area contributed by atoms with Gasteiger partial charge in [0.2, 0.25) is 0 Å². The highest BCUT2D eigenvalue weighted by molar-refractivity contribution is 5.97. The molecule has 2 atom stereocenters. The van der Waals surface area contributed by atoms with E-state index in [0.717, 1.165) is 0 Å². The molecule has 0 aliphatic rings. The van der Waals surface area contributed by atoms with Crippen molar-refractivity contribution in [3.8, 4) is 0 Å². The van der Waals surface area contributed by atoms with E-state index in [9.17, 15) is 35.9 Å². The lowest BCUT2D eigenvalue weighted by atomic mass is 9.72. The van der Waals surface area contributed by atoms with Crippen LogP contribution < -0.4 is 0 Å². The lowest BCUT2D eigenvalue weighted by Crippen LogP contribution is -2.55. The summed E-state index contributed by atoms with van der Waals surface area (Å²) in [6.07, 6.45) is -16.4. The highest BCUT2D eigenvalue weighted by Crippen LogP contribution is 2.43. The van der Waals surface area contributed by atoms with Crippen LogP contribution in [-0.4, -0.2) is 47.3 Å². The van der Waals surface area contributed by atoms with Gasteiger partial charge in [-0.05, 0) is 0 Å². The second kappa shape index (κ2) is 5.93. The van der Waals surface area contributed by atoms with E-state index in [0.29, 0.717) is 0 Å². The van der Waals surface area contributed by atoms with Gasteiger partial charge in [0.15, 0.2) is 17.8 Å². The maximum atomic E-state index is 13.3. The molecule has 0 radical (unpaired) electrons. The van der Waals surface area contributed by atoms with Gasteiger partial charge in [0.1, 0.15) is 0 Å². The van der Waals surface area contributed by atoms with Crippen molar-refractivity contribution in [2.45, 2.75) is 25.2 Å². The predicted molar refractivity (Wildman–Crippen MR) is 48.6 cm³/mol. The van der Waals surface area contributed by atoms with Crippen molar-refractivity contribution in [1.82, 2.24) is 0 Å². The molecule has 0 aliphatic heterocycles. The number of carboxylic acids is 2. The molecule has 0 fully saturated rings. The van der Waals surface area contributed by atoms with E-state index in [1.807, 2.05) is 0 Å². The van der Waals surface area contributed by atoms with Crippen LogP contribution in [0.4, 0.5) is 26.3 Å². The maximum absolute atomic E-state index is 13.3. The Hall–Kier alpha value is -1.74. The van der Waals surface area contributed by atoms with Crippen LogP contribution >= 0.6 is 0 Å². The third-order valence-corrected chi connectivity index (χ3v) is 2.42. The predicted octanol–water partition coefficient (Wildman–Crippen LogP) is 1.90. The molecule has 4 nitrogen and oxygen atoms in total. The highest BCUT2D eigenvalue weighted by atomic mass is 19.3. The van der Waals surface area contributed by atoms with Crippen LogP contribution in [0.5, 0.6) is 0 Å². The van der Waals surface area contributed by atoms with Crippen LogP contribution in [0.3, 0.4) is 0 Å². The van der Waals surface area contributed by atoms with Crippen molar-refractivity contribution in [2.75, 3.05) is 0 Å². The Morgan fingerprint density at radius 3 is 1.37 bits per heavy atom. The van der Waals surface area contributed by atoms with Crippen molar-refractivity contribution in [1.29, 1.82) is 0 Å². The molecule has 10 heteroatoms. The van der Waals surface area contributed by atoms with Gasteiger partial charge in [-0.3, -0.25) is 4.79 Å². The molecule has 0 bridgehead atoms. The molecule has 0 rings (SSSR count). The molecule has 0 aromatic carbocycles. The number of hydrogen-bond donors (Lipinski definition) is 2. The number of rotatable bonds is 7. The zero-order valence-corrected chi connectivity index (χ0v) is 9.00. The van der Waals surface area contributed by atoms with Gasteiger partial charge in [-0.1, -0.05) is 6.58 Å². The van der Waals surface area contributed by atoms with Crippen molar-refractivity contribution in [3.05, 3.63) is 12.2 Å². The summed E-state index contributed by atoms with van der Waals surface area (Å²) in [5.41, 5.74) is -6.20. The van der Waals surface area contributed by atoms with E-state index < -0.39 is 48.1 Å². The first-order chi connectivity index (χ1) is 8.51. The van der Waals surface area contributed by atoms with Gasteiger partial charge in [-0.15, -0.1) is 0 Å². The minimum atomic E-state index is -4.27. The lowest BCUT2D eigenvalue weighted by molar-refractivity contribution is -0.172. The first-order valence-corrected chi connectivity index (χ1v) is 4.51. The molecule has 0 aromatic rings. The third kappa shape index (κ3) is 2.82. The van der Waals surface area contributed by atoms with Crippen LogP contribution in [0.15, 0.2) is 12.2 Å². The minimum absolute atomic E-state index is 1.93. The average molecular weight is 294 g/mol. The molecule has 0 aliphatic carbocycles. The lowest BCUT2D eigenvalue weighted by Gasteiger charge is -2.34. The number of aliphatic carboxylic acids is 2. The molecule has 110 valence electrons. The van der Waals surface area contributed by atoms with Gasteiger partial charge < -0.3 is 10.2 Å². The van der Waals surface area contributed by atoms with E-state index in [1.165, 1.54) is 0 Å². The van der Waals surface area contributed by atoms with Crippen LogP contribution in [0.2, 0.25) is 0 Å². The minimum Gasteiger partial charge on any atom is -0.480 e. The van der Waals surface area contributed by atoms with Gasteiger partial charge in [-0.25, -0.2) is 31.1 Å². The molecule has 2 unspecified atom stereocenters. The largest absolute Gasteiger partial charge is 0.480 e. The summed E-state index contributed by atoms with van der Waals surface area (Å²) < 4.78 is 75.6. The molecule has 0 aromatic heterocycles. The standard InChI is InChI=1S/C9H8F6O4/c1-2(7(16)17)9(8(18)19,3(10)5(12)13)4(11)6(14)15/h3-6H,1H2,(H,16,17)(H,18,19). The SMILES string of the molecule is C=C(C(=O)O)C(C(=O)O)(C(F)C(F)F)C(F)C(F)F. The van der Waals surface area contributed by atoms with Gasteiger partial charge in [0, 0.05) is 0 Å². The Labute approximate surface area is 102 Å². The van der Waals surface area contributed by atoms with Gasteiger partial charge in [-0.2, -0.15) is 0 Å². The van der Waals surface area contributed by atoms with E-state index >= 15 is 0 Å². The van der Waals surface area contributed by atoms with Crippen LogP contribution in [0.1, 0.15) is 0 Å². The number of hydrogen-bond acceptors (Lipinski definition) is 2. The summed E-state index contributed by atoms with van der Waals surface area (Å²) in [5.74, 6) is -5.19. The fourth-order valence-corrected chi connectivity index (χ4v) is 1.42. The average Bonchev–Trinajstić information content (AvgIpc) is 2.28. The Kier molecular flexibility index (Phi) is 5.39. The van der Waals surface area contributed by atoms with E-state index in [4.69, 9.17) is 10.2 Å². The van der Waals surface area contributed by atoms with Crippen molar-refractivity contribution in [3.63, 3.8) is 0 Å². The maximum Gasteiger partial charge on any atom is 0.332 e. The summed E-state index contributed by atoms with van der Waals surface area (Å²) in [4.78, 5) is 21.3. The molecular weight excluding hydrogens is 286 g/mol. The van der Waals surface area contributed by atoms with E-state index in [2.05, 4.69) is 6.58 Å². The zero-order valence-electron chi connectivity index (χ0n) is 9.00. The summed E-state index contributed by atoms with van der Waals surface area (Å²) in [7, 11) is 0. The third-order valence-electron chi connectivity index (χ3n) is 2.42. The van der Waals surface area contributed by atoms with E-state index in [1.54, 1.807) is 0 Å². The molecule has 0 spiro atoms.